The van der Waals surface area contributed by atoms with E-state index in [9.17, 15) is 4.79 Å². The van der Waals surface area contributed by atoms with Gasteiger partial charge in [-0.2, -0.15) is 0 Å². The third-order valence-corrected chi connectivity index (χ3v) is 6.66. The highest BCUT2D eigenvalue weighted by atomic mass is 32.1. The highest BCUT2D eigenvalue weighted by Crippen LogP contribution is 2.52. The first kappa shape index (κ1) is 22.0. The first-order valence-corrected chi connectivity index (χ1v) is 11.3. The molecule has 3 aromatic rings. The number of nitrogens with zero attached hydrogens (tertiary/aromatic N) is 1. The van der Waals surface area contributed by atoms with Crippen LogP contribution in [0, 0.1) is 5.92 Å². The number of carbonyl (C=O) groups excluding carboxylic acids is 1. The standard InChI is InChI=1S/C26H25N3O4S/c1-26-21(24(30)27-16-12-14-18(31-2)15-13-16)22(19-10-7-11-20(32-3)23(19)33-26)28-25(34)29(26)17-8-5-4-6-9-17/h4-15,21-22H,1-3H3,(H,27,30)(H,28,34)/t21-,22+,26+/m0/s1. The van der Waals surface area contributed by atoms with Gasteiger partial charge in [-0.15, -0.1) is 0 Å². The molecule has 0 saturated carbocycles. The minimum Gasteiger partial charge on any atom is -0.497 e. The molecule has 7 nitrogen and oxygen atoms in total. The SMILES string of the molecule is COc1ccc(NC(=O)[C@@H]2[C@@H]3NC(=S)N(c4ccccc4)[C@]2(C)Oc2c(OC)cccc23)cc1. The molecule has 0 spiro atoms. The van der Waals surface area contributed by atoms with E-state index in [2.05, 4.69) is 10.6 Å². The van der Waals surface area contributed by atoms with Crippen molar-refractivity contribution in [2.75, 3.05) is 24.4 Å². The van der Waals surface area contributed by atoms with Crippen LogP contribution in [-0.2, 0) is 4.79 Å². The molecule has 2 heterocycles. The molecular weight excluding hydrogens is 450 g/mol. The Labute approximate surface area is 203 Å². The zero-order chi connectivity index (χ0) is 23.9. The fraction of sp³-hybridized carbons (Fsp3) is 0.231. The summed E-state index contributed by atoms with van der Waals surface area (Å²) in [6.07, 6.45) is 0. The van der Waals surface area contributed by atoms with Gasteiger partial charge in [0.05, 0.1) is 20.3 Å². The summed E-state index contributed by atoms with van der Waals surface area (Å²) in [6.45, 7) is 1.90. The summed E-state index contributed by atoms with van der Waals surface area (Å²) < 4.78 is 17.5. The van der Waals surface area contributed by atoms with E-state index in [0.717, 1.165) is 11.3 Å². The molecule has 2 N–H and O–H groups in total. The Morgan fingerprint density at radius 3 is 2.44 bits per heavy atom. The largest absolute Gasteiger partial charge is 0.497 e. The number of hydrogen-bond donors (Lipinski definition) is 2. The summed E-state index contributed by atoms with van der Waals surface area (Å²) >= 11 is 5.78. The van der Waals surface area contributed by atoms with Crippen molar-refractivity contribution in [2.24, 2.45) is 5.92 Å². The molecule has 1 fully saturated rings. The van der Waals surface area contributed by atoms with E-state index in [4.69, 9.17) is 26.4 Å². The maximum Gasteiger partial charge on any atom is 0.236 e. The first-order chi connectivity index (χ1) is 16.5. The second kappa shape index (κ2) is 8.53. The van der Waals surface area contributed by atoms with Gasteiger partial charge in [-0.3, -0.25) is 9.69 Å². The second-order valence-electron chi connectivity index (χ2n) is 8.33. The topological polar surface area (TPSA) is 72.1 Å². The van der Waals surface area contributed by atoms with Crippen molar-refractivity contribution in [3.05, 3.63) is 78.4 Å². The fourth-order valence-corrected chi connectivity index (χ4v) is 5.20. The molecule has 2 aliphatic heterocycles. The zero-order valence-corrected chi connectivity index (χ0v) is 19.9. The molecule has 34 heavy (non-hydrogen) atoms. The van der Waals surface area contributed by atoms with E-state index >= 15 is 0 Å². The van der Waals surface area contributed by atoms with Crippen LogP contribution in [0.2, 0.25) is 0 Å². The summed E-state index contributed by atoms with van der Waals surface area (Å²) in [4.78, 5) is 15.7. The van der Waals surface area contributed by atoms with Crippen LogP contribution in [-0.4, -0.2) is 31.0 Å². The van der Waals surface area contributed by atoms with Crippen molar-refractivity contribution in [1.82, 2.24) is 5.32 Å². The van der Waals surface area contributed by atoms with Gasteiger partial charge >= 0.3 is 0 Å². The minimum absolute atomic E-state index is 0.193. The van der Waals surface area contributed by atoms with Gasteiger partial charge in [-0.1, -0.05) is 30.3 Å². The van der Waals surface area contributed by atoms with Crippen molar-refractivity contribution in [3.63, 3.8) is 0 Å². The molecule has 1 saturated heterocycles. The van der Waals surface area contributed by atoms with E-state index in [1.54, 1.807) is 26.4 Å². The molecule has 5 rings (SSSR count). The average molecular weight is 476 g/mol. The number of para-hydroxylation sites is 2. The number of fused-ring (bicyclic) bond motifs is 4. The third-order valence-electron chi connectivity index (χ3n) is 6.36. The van der Waals surface area contributed by atoms with E-state index in [0.29, 0.717) is 28.0 Å². The molecule has 0 radical (unpaired) electrons. The number of anilines is 2. The monoisotopic (exact) mass is 475 g/mol. The predicted molar refractivity (Wildman–Crippen MR) is 135 cm³/mol. The Morgan fingerprint density at radius 2 is 1.76 bits per heavy atom. The zero-order valence-electron chi connectivity index (χ0n) is 19.1. The number of ether oxygens (including phenoxy) is 3. The Morgan fingerprint density at radius 1 is 1.03 bits per heavy atom. The van der Waals surface area contributed by atoms with Gasteiger partial charge in [-0.05, 0) is 61.6 Å². The lowest BCUT2D eigenvalue weighted by molar-refractivity contribution is -0.130. The quantitative estimate of drug-likeness (QED) is 0.527. The molecule has 8 heteroatoms. The van der Waals surface area contributed by atoms with Gasteiger partial charge in [0.2, 0.25) is 5.91 Å². The smallest absolute Gasteiger partial charge is 0.236 e. The number of benzene rings is 3. The van der Waals surface area contributed by atoms with Crippen molar-refractivity contribution in [3.8, 4) is 17.2 Å². The summed E-state index contributed by atoms with van der Waals surface area (Å²) in [5.74, 6) is 1.08. The lowest BCUT2D eigenvalue weighted by atomic mass is 9.78. The van der Waals surface area contributed by atoms with Crippen LogP contribution < -0.4 is 29.7 Å². The van der Waals surface area contributed by atoms with E-state index in [1.165, 1.54) is 0 Å². The van der Waals surface area contributed by atoms with Gasteiger partial charge in [0.25, 0.3) is 0 Å². The van der Waals surface area contributed by atoms with Gasteiger partial charge in [0.15, 0.2) is 22.3 Å². The average Bonchev–Trinajstić information content (AvgIpc) is 2.84. The predicted octanol–water partition coefficient (Wildman–Crippen LogP) is 4.50. The van der Waals surface area contributed by atoms with Crippen LogP contribution in [0.3, 0.4) is 0 Å². The second-order valence-corrected chi connectivity index (χ2v) is 8.72. The van der Waals surface area contributed by atoms with E-state index in [-0.39, 0.29) is 5.91 Å². The third kappa shape index (κ3) is 3.51. The van der Waals surface area contributed by atoms with Crippen molar-refractivity contribution < 1.29 is 19.0 Å². The maximum absolute atomic E-state index is 13.8. The lowest BCUT2D eigenvalue weighted by Gasteiger charge is -2.56. The molecule has 2 aliphatic rings. The molecule has 0 unspecified atom stereocenters. The number of rotatable bonds is 5. The molecular formula is C26H25N3O4S. The van der Waals surface area contributed by atoms with Gasteiger partial charge < -0.3 is 24.8 Å². The lowest BCUT2D eigenvalue weighted by Crippen LogP contribution is -2.72. The Kier molecular flexibility index (Phi) is 5.53. The fourth-order valence-electron chi connectivity index (χ4n) is 4.79. The highest BCUT2D eigenvalue weighted by molar-refractivity contribution is 7.80. The number of thiocarbonyl (C=S) groups is 1. The summed E-state index contributed by atoms with van der Waals surface area (Å²) in [5.41, 5.74) is 1.19. The number of carbonyl (C=O) groups is 1. The number of methoxy groups -OCH3 is 2. The molecule has 3 aromatic carbocycles. The van der Waals surface area contributed by atoms with Crippen molar-refractivity contribution >= 4 is 34.6 Å². The summed E-state index contributed by atoms with van der Waals surface area (Å²) in [6, 6.07) is 22.2. The summed E-state index contributed by atoms with van der Waals surface area (Å²) in [5, 5.41) is 6.94. The van der Waals surface area contributed by atoms with Crippen LogP contribution in [0.5, 0.6) is 17.2 Å². The minimum atomic E-state index is -1.12. The van der Waals surface area contributed by atoms with E-state index in [1.807, 2.05) is 72.5 Å². The maximum atomic E-state index is 13.8. The highest BCUT2D eigenvalue weighted by Gasteiger charge is 2.59. The Balaban J connectivity index is 1.61. The Bertz CT molecular complexity index is 1230. The van der Waals surface area contributed by atoms with Crippen LogP contribution in [0.1, 0.15) is 18.5 Å². The normalized spacial score (nSPS) is 22.7. The molecule has 0 aliphatic carbocycles. The van der Waals surface area contributed by atoms with Gasteiger partial charge in [0, 0.05) is 16.9 Å². The molecule has 2 bridgehead atoms. The van der Waals surface area contributed by atoms with Gasteiger partial charge in [0.1, 0.15) is 11.7 Å². The molecule has 0 aromatic heterocycles. The first-order valence-electron chi connectivity index (χ1n) is 10.9. The number of nitrogens with one attached hydrogen (secondary N) is 2. The van der Waals surface area contributed by atoms with Crippen LogP contribution in [0.25, 0.3) is 0 Å². The summed E-state index contributed by atoms with van der Waals surface area (Å²) in [7, 11) is 3.21. The molecule has 174 valence electrons. The van der Waals surface area contributed by atoms with Crippen LogP contribution in [0.15, 0.2) is 72.8 Å². The molecule has 1 amide bonds. The number of hydrogen-bond acceptors (Lipinski definition) is 5. The van der Waals surface area contributed by atoms with Crippen molar-refractivity contribution in [2.45, 2.75) is 18.7 Å². The van der Waals surface area contributed by atoms with Crippen LogP contribution >= 0.6 is 12.2 Å². The van der Waals surface area contributed by atoms with Crippen LogP contribution in [0.4, 0.5) is 11.4 Å². The van der Waals surface area contributed by atoms with E-state index < -0.39 is 17.7 Å². The van der Waals surface area contributed by atoms with Gasteiger partial charge in [-0.25, -0.2) is 0 Å². The number of amides is 1. The molecule has 3 atom stereocenters. The van der Waals surface area contributed by atoms with Crippen molar-refractivity contribution in [1.29, 1.82) is 0 Å². The Hall–Kier alpha value is -3.78.